The molecule has 0 aliphatic carbocycles. The highest BCUT2D eigenvalue weighted by molar-refractivity contribution is 7.91. The summed E-state index contributed by atoms with van der Waals surface area (Å²) in [6, 6.07) is 55.2. The fraction of sp³-hybridized carbons (Fsp3) is 0.241. The van der Waals surface area contributed by atoms with Crippen LogP contribution in [0, 0.1) is 0 Å². The van der Waals surface area contributed by atoms with Gasteiger partial charge in [0, 0.05) is 0 Å². The van der Waals surface area contributed by atoms with E-state index in [1.807, 2.05) is 36.4 Å². The van der Waals surface area contributed by atoms with Crippen LogP contribution in [0.5, 0.6) is 23.0 Å². The van der Waals surface area contributed by atoms with E-state index >= 15 is 0 Å². The molecule has 0 fully saturated rings. The van der Waals surface area contributed by atoms with Crippen molar-refractivity contribution in [2.45, 2.75) is 97.0 Å². The molecular weight excluding hydrogens is 889 g/mol. The molecule has 0 bridgehead atoms. The Morgan fingerprint density at radius 1 is 0.279 bits per heavy atom. The zero-order valence-electron chi connectivity index (χ0n) is 38.3. The lowest BCUT2D eigenvalue weighted by Gasteiger charge is -2.10. The maximum atomic E-state index is 13.3. The normalized spacial score (nSPS) is 11.7. The highest BCUT2D eigenvalue weighted by Crippen LogP contribution is 2.28. The Labute approximate surface area is 401 Å². The van der Waals surface area contributed by atoms with Crippen molar-refractivity contribution in [1.82, 2.24) is 0 Å². The molecule has 0 atom stereocenters. The van der Waals surface area contributed by atoms with Crippen LogP contribution < -0.4 is 18.9 Å². The average molecular weight is 947 g/mol. The van der Waals surface area contributed by atoms with Crippen molar-refractivity contribution in [2.24, 2.45) is 0 Å². The first-order chi connectivity index (χ1) is 33.2. The molecule has 10 heteroatoms. The summed E-state index contributed by atoms with van der Waals surface area (Å²) < 4.78 is 77.0. The molecule has 8 nitrogen and oxygen atoms in total. The van der Waals surface area contributed by atoms with Gasteiger partial charge in [0.15, 0.2) is 0 Å². The Morgan fingerprint density at radius 3 is 0.882 bits per heavy atom. The number of unbranched alkanes of at least 4 members (excludes halogenated alkanes) is 9. The number of hydrogen-bond donors (Lipinski definition) is 0. The molecule has 8 aromatic rings. The van der Waals surface area contributed by atoms with E-state index in [1.54, 1.807) is 97.1 Å². The van der Waals surface area contributed by atoms with Crippen molar-refractivity contribution < 1.29 is 35.8 Å². The summed E-state index contributed by atoms with van der Waals surface area (Å²) in [5.74, 6) is 2.54. The molecular formula is C58H58O8S2. The Morgan fingerprint density at radius 2 is 0.559 bits per heavy atom. The van der Waals surface area contributed by atoms with Gasteiger partial charge in [0.1, 0.15) is 36.2 Å². The van der Waals surface area contributed by atoms with Gasteiger partial charge in [0.05, 0.1) is 32.8 Å². The van der Waals surface area contributed by atoms with E-state index in [0.717, 1.165) is 60.4 Å². The monoisotopic (exact) mass is 946 g/mol. The van der Waals surface area contributed by atoms with E-state index in [2.05, 4.69) is 48.5 Å². The molecule has 8 rings (SSSR count). The molecule has 0 saturated heterocycles. The standard InChI is InChI=1S/C58H58O8S2/c59-67(60,57-35-27-53(28-36-57)65-43-45-19-21-47-15-9-11-17-49(47)41-45)55-31-23-51(24-32-55)63-39-13-7-5-3-1-2-4-6-8-14-40-64-52-25-33-56(34-26-52)68(61,62)58-37-29-54(30-38-58)66-44-46-20-22-48-16-10-12-18-50(48)42-46/h9-12,15-38,41-42H,1-8,13-14,39-40,43-44H2. The van der Waals surface area contributed by atoms with Crippen LogP contribution in [0.25, 0.3) is 21.5 Å². The quantitative estimate of drug-likeness (QED) is 0.0522. The fourth-order valence-corrected chi connectivity index (χ4v) is 10.6. The van der Waals surface area contributed by atoms with Crippen molar-refractivity contribution in [3.8, 4) is 23.0 Å². The van der Waals surface area contributed by atoms with Gasteiger partial charge >= 0.3 is 0 Å². The predicted molar refractivity (Wildman–Crippen MR) is 270 cm³/mol. The molecule has 0 aliphatic heterocycles. The number of benzene rings is 8. The van der Waals surface area contributed by atoms with Gasteiger partial charge in [0.2, 0.25) is 19.7 Å². The summed E-state index contributed by atoms with van der Waals surface area (Å²) in [4.78, 5) is 0.874. The van der Waals surface area contributed by atoms with Crippen LogP contribution in [0.4, 0.5) is 0 Å². The molecule has 0 aliphatic rings. The van der Waals surface area contributed by atoms with Gasteiger partial charge in [-0.3, -0.25) is 0 Å². The third-order valence-corrected chi connectivity index (χ3v) is 15.6. The first kappa shape index (κ1) is 47.9. The number of sulfone groups is 2. The first-order valence-electron chi connectivity index (χ1n) is 23.6. The third-order valence-electron chi connectivity index (χ3n) is 12.1. The summed E-state index contributed by atoms with van der Waals surface area (Å²) in [7, 11) is -7.36. The fourth-order valence-electron chi connectivity index (χ4n) is 8.12. The molecule has 0 spiro atoms. The molecule has 8 aromatic carbocycles. The minimum atomic E-state index is -3.68. The van der Waals surface area contributed by atoms with Gasteiger partial charge in [0.25, 0.3) is 0 Å². The number of fused-ring (bicyclic) bond motifs is 2. The number of rotatable bonds is 25. The predicted octanol–water partition coefficient (Wildman–Crippen LogP) is 14.2. The first-order valence-corrected chi connectivity index (χ1v) is 26.5. The zero-order valence-corrected chi connectivity index (χ0v) is 39.9. The van der Waals surface area contributed by atoms with Gasteiger partial charge in [-0.25, -0.2) is 16.8 Å². The van der Waals surface area contributed by atoms with Gasteiger partial charge in [-0.05, 0) is 155 Å². The second kappa shape index (κ2) is 23.4. The topological polar surface area (TPSA) is 105 Å². The van der Waals surface area contributed by atoms with E-state index in [1.165, 1.54) is 36.5 Å². The van der Waals surface area contributed by atoms with Gasteiger partial charge in [-0.15, -0.1) is 0 Å². The molecule has 0 unspecified atom stereocenters. The molecule has 0 saturated carbocycles. The molecule has 0 amide bonds. The molecule has 350 valence electrons. The van der Waals surface area contributed by atoms with Crippen LogP contribution in [0.2, 0.25) is 0 Å². The van der Waals surface area contributed by atoms with Crippen LogP contribution in [0.15, 0.2) is 202 Å². The summed E-state index contributed by atoms with van der Waals surface area (Å²) in [6.07, 6.45) is 11.2. The lowest BCUT2D eigenvalue weighted by atomic mass is 10.1. The van der Waals surface area contributed by atoms with Crippen LogP contribution in [0.1, 0.15) is 75.3 Å². The summed E-state index contributed by atoms with van der Waals surface area (Å²) in [6.45, 7) is 1.97. The maximum absolute atomic E-state index is 13.3. The highest BCUT2D eigenvalue weighted by Gasteiger charge is 2.19. The maximum Gasteiger partial charge on any atom is 0.206 e. The van der Waals surface area contributed by atoms with Crippen molar-refractivity contribution in [1.29, 1.82) is 0 Å². The van der Waals surface area contributed by atoms with Crippen molar-refractivity contribution in [2.75, 3.05) is 13.2 Å². The molecule has 0 radical (unpaired) electrons. The molecule has 0 heterocycles. The summed E-state index contributed by atoms with van der Waals surface area (Å²) in [5.41, 5.74) is 2.09. The Hall–Kier alpha value is -6.62. The second-order valence-electron chi connectivity index (χ2n) is 17.1. The van der Waals surface area contributed by atoms with Crippen LogP contribution >= 0.6 is 0 Å². The van der Waals surface area contributed by atoms with Crippen LogP contribution in [-0.4, -0.2) is 30.0 Å². The molecule has 0 N–H and O–H groups in total. The van der Waals surface area contributed by atoms with E-state index < -0.39 is 19.7 Å². The van der Waals surface area contributed by atoms with Gasteiger partial charge in [-0.1, -0.05) is 124 Å². The Kier molecular flexibility index (Phi) is 16.5. The summed E-state index contributed by atoms with van der Waals surface area (Å²) in [5, 5.41) is 4.65. The molecule has 0 aromatic heterocycles. The third kappa shape index (κ3) is 13.1. The lowest BCUT2D eigenvalue weighted by Crippen LogP contribution is -2.03. The smallest absolute Gasteiger partial charge is 0.206 e. The van der Waals surface area contributed by atoms with Crippen molar-refractivity contribution in [3.05, 3.63) is 193 Å². The minimum Gasteiger partial charge on any atom is -0.494 e. The van der Waals surface area contributed by atoms with Crippen LogP contribution in [0.3, 0.4) is 0 Å². The van der Waals surface area contributed by atoms with Crippen LogP contribution in [-0.2, 0) is 32.9 Å². The van der Waals surface area contributed by atoms with E-state index in [4.69, 9.17) is 18.9 Å². The van der Waals surface area contributed by atoms with Crippen molar-refractivity contribution in [3.63, 3.8) is 0 Å². The zero-order chi connectivity index (χ0) is 47.0. The SMILES string of the molecule is O=S(=O)(c1ccc(OCCCCCCCCCCCCOc2ccc(S(=O)(=O)c3ccc(OCc4ccc5ccccc5c4)cc3)cc2)cc1)c1ccc(OCc2ccc3ccccc3c2)cc1. The summed E-state index contributed by atoms with van der Waals surface area (Å²) >= 11 is 0. The highest BCUT2D eigenvalue weighted by atomic mass is 32.2. The largest absolute Gasteiger partial charge is 0.494 e. The molecule has 68 heavy (non-hydrogen) atoms. The average Bonchev–Trinajstić information content (AvgIpc) is 3.38. The minimum absolute atomic E-state index is 0.214. The lowest BCUT2D eigenvalue weighted by molar-refractivity contribution is 0.302. The van der Waals surface area contributed by atoms with E-state index in [-0.39, 0.29) is 19.6 Å². The Bertz CT molecular complexity index is 2870. The van der Waals surface area contributed by atoms with Gasteiger partial charge < -0.3 is 18.9 Å². The van der Waals surface area contributed by atoms with Crippen molar-refractivity contribution >= 4 is 41.2 Å². The second-order valence-corrected chi connectivity index (χ2v) is 21.0. The number of ether oxygens (including phenoxy) is 4. The van der Waals surface area contributed by atoms with Gasteiger partial charge in [-0.2, -0.15) is 0 Å². The number of hydrogen-bond acceptors (Lipinski definition) is 8. The van der Waals surface area contributed by atoms with E-state index in [0.29, 0.717) is 49.4 Å². The Balaban J connectivity index is 0.638. The van der Waals surface area contributed by atoms with E-state index in [9.17, 15) is 16.8 Å².